The summed E-state index contributed by atoms with van der Waals surface area (Å²) < 4.78 is 7.12. The summed E-state index contributed by atoms with van der Waals surface area (Å²) in [5, 5.41) is 16.8. The van der Waals surface area contributed by atoms with Crippen molar-refractivity contribution in [3.63, 3.8) is 0 Å². The molecule has 0 atom stereocenters. The molecule has 4 aromatic heterocycles. The minimum atomic E-state index is 0.650. The highest BCUT2D eigenvalue weighted by atomic mass is 15.0. The summed E-state index contributed by atoms with van der Waals surface area (Å²) in [5.74, 6) is 0.702. The quantitative estimate of drug-likeness (QED) is 0.160. The van der Waals surface area contributed by atoms with Crippen molar-refractivity contribution in [1.82, 2.24) is 23.7 Å². The van der Waals surface area contributed by atoms with E-state index in [1.165, 1.54) is 21.8 Å². The van der Waals surface area contributed by atoms with Gasteiger partial charge in [0.2, 0.25) is 0 Å². The first-order valence-electron chi connectivity index (χ1n) is 23.9. The zero-order valence-corrected chi connectivity index (χ0v) is 38.3. The summed E-state index contributed by atoms with van der Waals surface area (Å²) in [6.45, 7) is 0. The molecule has 0 aliphatic heterocycles. The smallest absolute Gasteiger partial charge is 0.160 e. The zero-order valence-electron chi connectivity index (χ0n) is 38.3. The van der Waals surface area contributed by atoms with Crippen LogP contribution in [-0.4, -0.2) is 23.7 Å². The number of nitrogens with zero attached hydrogens (tertiary/aromatic N) is 6. The van der Waals surface area contributed by atoms with Gasteiger partial charge >= 0.3 is 0 Å². The summed E-state index contributed by atoms with van der Waals surface area (Å²) in [7, 11) is 0. The highest BCUT2D eigenvalue weighted by Crippen LogP contribution is 2.40. The van der Waals surface area contributed by atoms with Gasteiger partial charge in [0, 0.05) is 66.1 Å². The molecule has 330 valence electrons. The Morgan fingerprint density at radius 2 is 0.648 bits per heavy atom. The Kier molecular flexibility index (Phi) is 9.16. The number of aromatic nitrogens is 5. The van der Waals surface area contributed by atoms with Gasteiger partial charge in [0.15, 0.2) is 5.82 Å². The second kappa shape index (κ2) is 16.2. The predicted octanol–water partition coefficient (Wildman–Crippen LogP) is 16.3. The molecule has 4 heterocycles. The minimum Gasteiger partial charge on any atom is -0.309 e. The fourth-order valence-corrected chi connectivity index (χ4v) is 10.8. The van der Waals surface area contributed by atoms with Crippen molar-refractivity contribution in [3.8, 4) is 68.2 Å². The number of para-hydroxylation sites is 3. The fraction of sp³-hybridized carbons (Fsp3) is 0. The molecule has 0 radical (unpaired) electrons. The van der Waals surface area contributed by atoms with E-state index >= 15 is 0 Å². The molecule has 0 unspecified atom stereocenters. The molecule has 0 aliphatic rings. The van der Waals surface area contributed by atoms with Crippen LogP contribution in [0.4, 0.5) is 0 Å². The molecule has 0 amide bonds. The topological polar surface area (TPSA) is 64.4 Å². The Morgan fingerprint density at radius 3 is 1.17 bits per heavy atom. The summed E-state index contributed by atoms with van der Waals surface area (Å²) in [6, 6.07) is 88.1. The number of rotatable bonds is 7. The minimum absolute atomic E-state index is 0.650. The Balaban J connectivity index is 0.896. The van der Waals surface area contributed by atoms with Crippen molar-refractivity contribution in [3.05, 3.63) is 248 Å². The van der Waals surface area contributed by atoms with Crippen molar-refractivity contribution in [2.75, 3.05) is 0 Å². The lowest BCUT2D eigenvalue weighted by molar-refractivity contribution is 1.16. The van der Waals surface area contributed by atoms with Crippen molar-refractivity contribution in [1.29, 1.82) is 5.26 Å². The van der Waals surface area contributed by atoms with Gasteiger partial charge in [-0.2, -0.15) is 5.26 Å². The van der Waals surface area contributed by atoms with Crippen LogP contribution in [0.5, 0.6) is 0 Å². The van der Waals surface area contributed by atoms with E-state index in [0.29, 0.717) is 11.4 Å². The lowest BCUT2D eigenvalue weighted by atomic mass is 10.0. The first-order chi connectivity index (χ1) is 35.1. The van der Waals surface area contributed by atoms with Crippen LogP contribution in [0.15, 0.2) is 243 Å². The number of fused-ring (bicyclic) bond motifs is 9. The van der Waals surface area contributed by atoms with Crippen LogP contribution in [0.2, 0.25) is 0 Å². The summed E-state index contributed by atoms with van der Waals surface area (Å²) in [4.78, 5) is 10.1. The van der Waals surface area contributed by atoms with E-state index in [9.17, 15) is 5.26 Å². The molecule has 0 fully saturated rings. The summed E-state index contributed by atoms with van der Waals surface area (Å²) >= 11 is 0. The van der Waals surface area contributed by atoms with Crippen molar-refractivity contribution in [2.45, 2.75) is 0 Å². The Morgan fingerprint density at radius 1 is 0.282 bits per heavy atom. The van der Waals surface area contributed by atoms with E-state index in [1.54, 1.807) is 0 Å². The lowest BCUT2D eigenvalue weighted by Gasteiger charge is -2.12. The van der Waals surface area contributed by atoms with E-state index in [0.717, 1.165) is 99.9 Å². The zero-order chi connectivity index (χ0) is 47.0. The van der Waals surface area contributed by atoms with Gasteiger partial charge in [0.05, 0.1) is 56.1 Å². The number of hydrogen-bond acceptors (Lipinski definition) is 3. The molecule has 6 heteroatoms. The largest absolute Gasteiger partial charge is 0.309 e. The van der Waals surface area contributed by atoms with Crippen LogP contribution < -0.4 is 0 Å². The molecule has 0 bridgehead atoms. The second-order valence-corrected chi connectivity index (χ2v) is 18.1. The maximum atomic E-state index is 9.85. The molecule has 0 saturated heterocycles. The first kappa shape index (κ1) is 40.3. The normalized spacial score (nSPS) is 11.6. The van der Waals surface area contributed by atoms with Crippen molar-refractivity contribution < 1.29 is 0 Å². The van der Waals surface area contributed by atoms with Crippen LogP contribution in [-0.2, 0) is 0 Å². The predicted molar refractivity (Wildman–Crippen MR) is 292 cm³/mol. The molecule has 0 N–H and O–H groups in total. The average molecular weight is 905 g/mol. The van der Waals surface area contributed by atoms with Gasteiger partial charge in [0.25, 0.3) is 0 Å². The van der Waals surface area contributed by atoms with Gasteiger partial charge in [-0.15, -0.1) is 0 Å². The molecular formula is C65H40N6. The molecule has 6 nitrogen and oxygen atoms in total. The Labute approximate surface area is 408 Å². The van der Waals surface area contributed by atoms with E-state index in [-0.39, 0.29) is 0 Å². The molecule has 0 aliphatic carbocycles. The maximum Gasteiger partial charge on any atom is 0.160 e. The van der Waals surface area contributed by atoms with Gasteiger partial charge in [-0.1, -0.05) is 152 Å². The molecule has 0 spiro atoms. The molecule has 0 saturated carbocycles. The van der Waals surface area contributed by atoms with Crippen LogP contribution >= 0.6 is 0 Å². The van der Waals surface area contributed by atoms with Crippen LogP contribution in [0.25, 0.3) is 128 Å². The third-order valence-corrected chi connectivity index (χ3v) is 14.1. The molecule has 14 aromatic rings. The van der Waals surface area contributed by atoms with Crippen LogP contribution in [0.1, 0.15) is 5.56 Å². The molecular weight excluding hydrogens is 865 g/mol. The number of hydrogen-bond donors (Lipinski definition) is 0. The maximum absolute atomic E-state index is 9.85. The molecule has 14 rings (SSSR count). The van der Waals surface area contributed by atoms with Crippen LogP contribution in [0.3, 0.4) is 0 Å². The van der Waals surface area contributed by atoms with Crippen LogP contribution in [0, 0.1) is 11.3 Å². The SMILES string of the molecule is N#Cc1ccc2c(c1)c1ccccc1n2-c1ccc2c(c1)c1cc(-n3c4ccccc4c4ccccc43)ccc1n2-c1ccc(-c2ccc(-c3cc(-c4ccccc4)nc(-c4ccccc4)n3)cc2)cc1. The van der Waals surface area contributed by atoms with Crippen molar-refractivity contribution in [2.24, 2.45) is 0 Å². The monoisotopic (exact) mass is 904 g/mol. The first-order valence-corrected chi connectivity index (χ1v) is 23.9. The highest BCUT2D eigenvalue weighted by Gasteiger charge is 2.20. The third-order valence-electron chi connectivity index (χ3n) is 14.1. The van der Waals surface area contributed by atoms with Gasteiger partial charge in [-0.25, -0.2) is 9.97 Å². The van der Waals surface area contributed by atoms with E-state index in [1.807, 2.05) is 48.5 Å². The van der Waals surface area contributed by atoms with E-state index in [2.05, 4.69) is 214 Å². The van der Waals surface area contributed by atoms with Gasteiger partial charge < -0.3 is 13.7 Å². The fourth-order valence-electron chi connectivity index (χ4n) is 10.8. The van der Waals surface area contributed by atoms with Gasteiger partial charge in [0.1, 0.15) is 0 Å². The number of benzene rings is 10. The lowest BCUT2D eigenvalue weighted by Crippen LogP contribution is -1.96. The molecule has 71 heavy (non-hydrogen) atoms. The number of nitriles is 1. The average Bonchev–Trinajstić information content (AvgIpc) is 4.08. The second-order valence-electron chi connectivity index (χ2n) is 18.1. The summed E-state index contributed by atoms with van der Waals surface area (Å²) in [5.41, 5.74) is 17.7. The van der Waals surface area contributed by atoms with E-state index < -0.39 is 0 Å². The van der Waals surface area contributed by atoms with Gasteiger partial charge in [-0.3, -0.25) is 0 Å². The highest BCUT2D eigenvalue weighted by molar-refractivity contribution is 6.14. The standard InChI is InChI=1S/C65H40N6/c66-41-42-23-34-62-54(37-42)53-19-9-12-22-61(53)71(62)50-33-36-64-56(39-50)55-38-49(70-59-20-10-7-17-51(59)52-18-8-11-21-60(52)70)32-35-63(55)69(64)48-30-28-44(29-31-48)43-24-26-46(27-25-43)58-40-57(45-13-3-1-4-14-45)67-65(68-58)47-15-5-2-6-16-47/h1-40H. The van der Waals surface area contributed by atoms with Gasteiger partial charge in [-0.05, 0) is 102 Å². The Hall–Kier alpha value is -9.83. The molecule has 10 aromatic carbocycles. The third kappa shape index (κ3) is 6.56. The Bertz CT molecular complexity index is 4330. The van der Waals surface area contributed by atoms with Crippen molar-refractivity contribution >= 4 is 65.4 Å². The van der Waals surface area contributed by atoms with E-state index in [4.69, 9.17) is 9.97 Å². The summed E-state index contributed by atoms with van der Waals surface area (Å²) in [6.07, 6.45) is 0.